The smallest absolute Gasteiger partial charge is 0.213 e. The Kier molecular flexibility index (Phi) is 3.06. The predicted octanol–water partition coefficient (Wildman–Crippen LogP) is 1.92. The van der Waals surface area contributed by atoms with Crippen LogP contribution in [0.1, 0.15) is 5.56 Å². The minimum Gasteiger partial charge on any atom is -0.481 e. The molecule has 0 aromatic carbocycles. The highest BCUT2D eigenvalue weighted by Gasteiger charge is 2.01. The van der Waals surface area contributed by atoms with Gasteiger partial charge in [-0.15, -0.1) is 0 Å². The van der Waals surface area contributed by atoms with Crippen molar-refractivity contribution in [3.05, 3.63) is 22.3 Å². The molecule has 0 saturated heterocycles. The van der Waals surface area contributed by atoms with Gasteiger partial charge < -0.3 is 4.74 Å². The molecule has 0 atom stereocenters. The van der Waals surface area contributed by atoms with Gasteiger partial charge in [0.15, 0.2) is 0 Å². The molecule has 0 amide bonds. The molecular weight excluding hydrogens is 220 g/mol. The molecule has 1 aromatic heterocycles. The van der Waals surface area contributed by atoms with Gasteiger partial charge >= 0.3 is 0 Å². The molecule has 1 heterocycles. The first-order valence-corrected chi connectivity index (χ1v) is 4.12. The molecular formula is C8H7BrN2O. The number of rotatable bonds is 2. The first kappa shape index (κ1) is 9.01. The normalized spacial score (nSPS) is 9.08. The molecule has 1 rings (SSSR count). The summed E-state index contributed by atoms with van der Waals surface area (Å²) in [5.74, 6) is 0.531. The number of ether oxygens (including phenoxy) is 1. The second-order valence-electron chi connectivity index (χ2n) is 2.15. The molecule has 0 unspecified atom stereocenters. The molecule has 0 aliphatic carbocycles. The van der Waals surface area contributed by atoms with Crippen molar-refractivity contribution in [2.45, 2.75) is 6.42 Å². The zero-order valence-electron chi connectivity index (χ0n) is 6.54. The van der Waals surface area contributed by atoms with Crippen molar-refractivity contribution in [2.75, 3.05) is 7.11 Å². The summed E-state index contributed by atoms with van der Waals surface area (Å²) in [6, 6.07) is 3.81. The maximum Gasteiger partial charge on any atom is 0.213 e. The van der Waals surface area contributed by atoms with Gasteiger partial charge in [-0.1, -0.05) is 0 Å². The second-order valence-corrected chi connectivity index (χ2v) is 3.01. The van der Waals surface area contributed by atoms with Gasteiger partial charge in [-0.2, -0.15) is 5.26 Å². The van der Waals surface area contributed by atoms with Crippen LogP contribution in [-0.2, 0) is 6.42 Å². The van der Waals surface area contributed by atoms with Crippen LogP contribution in [-0.4, -0.2) is 12.1 Å². The van der Waals surface area contributed by atoms with E-state index < -0.39 is 0 Å². The second kappa shape index (κ2) is 4.07. The molecule has 12 heavy (non-hydrogen) atoms. The van der Waals surface area contributed by atoms with Crippen LogP contribution in [0.3, 0.4) is 0 Å². The highest BCUT2D eigenvalue weighted by atomic mass is 79.9. The van der Waals surface area contributed by atoms with Crippen LogP contribution < -0.4 is 4.74 Å². The molecule has 0 aliphatic rings. The number of methoxy groups -OCH3 is 1. The van der Waals surface area contributed by atoms with Crippen molar-refractivity contribution in [2.24, 2.45) is 0 Å². The highest BCUT2D eigenvalue weighted by Crippen LogP contribution is 2.19. The van der Waals surface area contributed by atoms with E-state index in [0.29, 0.717) is 12.3 Å². The summed E-state index contributed by atoms with van der Waals surface area (Å²) >= 11 is 3.29. The van der Waals surface area contributed by atoms with Crippen LogP contribution in [0, 0.1) is 11.3 Å². The summed E-state index contributed by atoms with van der Waals surface area (Å²) in [5, 5.41) is 8.48. The van der Waals surface area contributed by atoms with Crippen LogP contribution in [0.2, 0.25) is 0 Å². The zero-order valence-corrected chi connectivity index (χ0v) is 8.13. The van der Waals surface area contributed by atoms with Gasteiger partial charge in [-0.3, -0.25) is 0 Å². The molecule has 0 saturated carbocycles. The average molecular weight is 227 g/mol. The lowest BCUT2D eigenvalue weighted by Crippen LogP contribution is -1.91. The molecule has 62 valence electrons. The van der Waals surface area contributed by atoms with Crippen LogP contribution in [0.4, 0.5) is 0 Å². The monoisotopic (exact) mass is 226 g/mol. The third kappa shape index (κ3) is 1.95. The van der Waals surface area contributed by atoms with Gasteiger partial charge in [0.05, 0.1) is 19.6 Å². The van der Waals surface area contributed by atoms with E-state index in [1.54, 1.807) is 19.4 Å². The Hall–Kier alpha value is -1.08. The minimum atomic E-state index is 0.361. The van der Waals surface area contributed by atoms with E-state index in [4.69, 9.17) is 10.00 Å². The van der Waals surface area contributed by atoms with Crippen molar-refractivity contribution in [3.8, 4) is 11.9 Å². The van der Waals surface area contributed by atoms with E-state index in [1.165, 1.54) is 0 Å². The van der Waals surface area contributed by atoms with Crippen LogP contribution in [0.5, 0.6) is 5.88 Å². The van der Waals surface area contributed by atoms with Gasteiger partial charge in [0.1, 0.15) is 0 Å². The van der Waals surface area contributed by atoms with Gasteiger partial charge in [-0.05, 0) is 21.5 Å². The number of hydrogen-bond acceptors (Lipinski definition) is 3. The number of nitrogens with zero attached hydrogens (tertiary/aromatic N) is 2. The molecule has 0 spiro atoms. The van der Waals surface area contributed by atoms with E-state index in [2.05, 4.69) is 27.0 Å². The van der Waals surface area contributed by atoms with Crippen LogP contribution >= 0.6 is 15.9 Å². The lowest BCUT2D eigenvalue weighted by molar-refractivity contribution is 0.397. The SMILES string of the molecule is COc1cc(CC#N)c(Br)cn1. The number of halogens is 1. The Bertz CT molecular complexity index is 319. The number of hydrogen-bond donors (Lipinski definition) is 0. The Morgan fingerprint density at radius 3 is 3.08 bits per heavy atom. The van der Waals surface area contributed by atoms with Gasteiger partial charge in [0, 0.05) is 16.7 Å². The third-order valence-corrected chi connectivity index (χ3v) is 2.10. The summed E-state index contributed by atoms with van der Waals surface area (Å²) in [5.41, 5.74) is 0.893. The first-order valence-electron chi connectivity index (χ1n) is 3.33. The van der Waals surface area contributed by atoms with Gasteiger partial charge in [0.2, 0.25) is 5.88 Å². The van der Waals surface area contributed by atoms with Crippen molar-refractivity contribution in [1.82, 2.24) is 4.98 Å². The quantitative estimate of drug-likeness (QED) is 0.775. The molecule has 4 heteroatoms. The van der Waals surface area contributed by atoms with Crippen molar-refractivity contribution in [3.63, 3.8) is 0 Å². The Labute approximate surface area is 79.1 Å². The van der Waals surface area contributed by atoms with E-state index in [0.717, 1.165) is 10.0 Å². The maximum absolute atomic E-state index is 8.48. The van der Waals surface area contributed by atoms with E-state index >= 15 is 0 Å². The Morgan fingerprint density at radius 2 is 2.50 bits per heavy atom. The van der Waals surface area contributed by atoms with Gasteiger partial charge in [-0.25, -0.2) is 4.98 Å². The average Bonchev–Trinajstić information content (AvgIpc) is 2.09. The summed E-state index contributed by atoms with van der Waals surface area (Å²) in [6.07, 6.45) is 1.99. The number of aromatic nitrogens is 1. The molecule has 0 aliphatic heterocycles. The molecule has 1 aromatic rings. The van der Waals surface area contributed by atoms with Crippen molar-refractivity contribution in [1.29, 1.82) is 5.26 Å². The largest absolute Gasteiger partial charge is 0.481 e. The molecule has 0 radical (unpaired) electrons. The molecule has 0 bridgehead atoms. The molecule has 0 fully saturated rings. The predicted molar refractivity (Wildman–Crippen MR) is 47.8 cm³/mol. The summed E-state index contributed by atoms with van der Waals surface area (Å²) in [7, 11) is 1.55. The van der Waals surface area contributed by atoms with Crippen LogP contribution in [0.15, 0.2) is 16.7 Å². The fourth-order valence-electron chi connectivity index (χ4n) is 0.791. The fourth-order valence-corrected chi connectivity index (χ4v) is 1.15. The Balaban J connectivity index is 3.01. The molecule has 3 nitrogen and oxygen atoms in total. The number of nitriles is 1. The highest BCUT2D eigenvalue weighted by molar-refractivity contribution is 9.10. The lowest BCUT2D eigenvalue weighted by atomic mass is 10.2. The third-order valence-electron chi connectivity index (χ3n) is 1.39. The lowest BCUT2D eigenvalue weighted by Gasteiger charge is -2.01. The standard InChI is InChI=1S/C8H7BrN2O/c1-12-8-4-6(2-3-10)7(9)5-11-8/h4-5H,2H2,1H3. The van der Waals surface area contributed by atoms with Crippen LogP contribution in [0.25, 0.3) is 0 Å². The van der Waals surface area contributed by atoms with Crippen molar-refractivity contribution < 1.29 is 4.74 Å². The molecule has 0 N–H and O–H groups in total. The summed E-state index contributed by atoms with van der Waals surface area (Å²) < 4.78 is 5.75. The number of pyridine rings is 1. The van der Waals surface area contributed by atoms with E-state index in [9.17, 15) is 0 Å². The first-order chi connectivity index (χ1) is 5.77. The summed E-state index contributed by atoms with van der Waals surface area (Å²) in [4.78, 5) is 3.96. The minimum absolute atomic E-state index is 0.361. The Morgan fingerprint density at radius 1 is 1.75 bits per heavy atom. The van der Waals surface area contributed by atoms with Crippen molar-refractivity contribution >= 4 is 15.9 Å². The summed E-state index contributed by atoms with van der Waals surface area (Å²) in [6.45, 7) is 0. The topological polar surface area (TPSA) is 45.9 Å². The zero-order chi connectivity index (χ0) is 8.97. The van der Waals surface area contributed by atoms with E-state index in [-0.39, 0.29) is 0 Å². The van der Waals surface area contributed by atoms with Gasteiger partial charge in [0.25, 0.3) is 0 Å². The van der Waals surface area contributed by atoms with E-state index in [1.807, 2.05) is 0 Å². The fraction of sp³-hybridized carbons (Fsp3) is 0.250. The maximum atomic E-state index is 8.48.